The smallest absolute Gasteiger partial charge is 0.859 e. The van der Waals surface area contributed by atoms with Gasteiger partial charge in [0.05, 0.1) is 33.5 Å². The Morgan fingerprint density at radius 1 is 0.756 bits per heavy atom. The Morgan fingerprint density at radius 3 is 1.49 bits per heavy atom. The van der Waals surface area contributed by atoms with Crippen molar-refractivity contribution in [2.75, 3.05) is 5.34 Å². The molecule has 0 radical (unpaired) electrons. The number of alkyl halides is 5. The summed E-state index contributed by atoms with van der Waals surface area (Å²) in [6.07, 6.45) is -4.53. The molecule has 1 aromatic carbocycles. The number of fused-ring (bicyclic) bond motifs is 1. The molecule has 222 valence electrons. The van der Waals surface area contributed by atoms with E-state index >= 15 is 0 Å². The van der Waals surface area contributed by atoms with Crippen LogP contribution < -0.4 is 5.11 Å². The van der Waals surface area contributed by atoms with Crippen molar-refractivity contribution in [2.45, 2.75) is 47.7 Å². The summed E-state index contributed by atoms with van der Waals surface area (Å²) in [6, 6.07) is 12.5. The van der Waals surface area contributed by atoms with Gasteiger partial charge in [0.15, 0.2) is 0 Å². The molecule has 0 fully saturated rings. The largest absolute Gasteiger partial charge is 2.00 e. The minimum absolute atomic E-state index is 0. The molecule has 4 aromatic heterocycles. The molecule has 0 spiro atoms. The van der Waals surface area contributed by atoms with Gasteiger partial charge >= 0.3 is 29.8 Å². The summed E-state index contributed by atoms with van der Waals surface area (Å²) in [5.74, 6) is -0.874. The van der Waals surface area contributed by atoms with Crippen LogP contribution in [-0.4, -0.2) is 46.5 Å². The topological polar surface area (TPSA) is 89.4 Å². The third-order valence-electron chi connectivity index (χ3n) is 6.11. The van der Waals surface area contributed by atoms with E-state index < -0.39 is 24.7 Å². The fourth-order valence-electron chi connectivity index (χ4n) is 4.65. The van der Waals surface area contributed by atoms with Crippen LogP contribution in [0.3, 0.4) is 0 Å². The van der Waals surface area contributed by atoms with Gasteiger partial charge in [-0.3, -0.25) is 4.98 Å². The number of halogens is 5. The second kappa shape index (κ2) is 14.2. The second-order valence-electron chi connectivity index (χ2n) is 9.33. The average Bonchev–Trinajstić information content (AvgIpc) is 3.49. The van der Waals surface area contributed by atoms with Crippen molar-refractivity contribution in [1.29, 1.82) is 0 Å². The zero-order valence-corrected chi connectivity index (χ0v) is 25.8. The summed E-state index contributed by atoms with van der Waals surface area (Å²) in [5, 5.41) is 25.2. The molecule has 0 aliphatic heterocycles. The maximum absolute atomic E-state index is 12.5. The van der Waals surface area contributed by atoms with Gasteiger partial charge in [0, 0.05) is 5.39 Å². The molecule has 41 heavy (non-hydrogen) atoms. The second-order valence-corrected chi connectivity index (χ2v) is 10.1. The van der Waals surface area contributed by atoms with Gasteiger partial charge in [0.2, 0.25) is 0 Å². The number of hydrogen-bond acceptors (Lipinski definition) is 5. The minimum atomic E-state index is -4.53. The van der Waals surface area contributed by atoms with Crippen LogP contribution in [0, 0.1) is 41.5 Å². The first-order valence-corrected chi connectivity index (χ1v) is 13.3. The zero-order chi connectivity index (χ0) is 29.8. The fourth-order valence-corrected chi connectivity index (χ4v) is 4.65. The molecular formula is C26H29BCl2F3N7NiO. The van der Waals surface area contributed by atoms with Gasteiger partial charge in [-0.05, 0) is 94.8 Å². The van der Waals surface area contributed by atoms with Crippen molar-refractivity contribution in [1.82, 2.24) is 34.1 Å². The first-order chi connectivity index (χ1) is 18.8. The molecule has 0 N–H and O–H groups in total. The van der Waals surface area contributed by atoms with E-state index in [1.807, 2.05) is 20.8 Å². The van der Waals surface area contributed by atoms with Crippen LogP contribution in [0.25, 0.3) is 10.9 Å². The normalized spacial score (nSPS) is 11.0. The van der Waals surface area contributed by atoms with E-state index in [0.29, 0.717) is 6.07 Å². The Labute approximate surface area is 256 Å². The molecule has 0 amide bonds. The first-order valence-electron chi connectivity index (χ1n) is 12.3. The summed E-state index contributed by atoms with van der Waals surface area (Å²) in [4.78, 5) is 3.49. The van der Waals surface area contributed by atoms with Crippen molar-refractivity contribution in [3.63, 3.8) is 0 Å². The standard InChI is InChI=1S/C15H22BN6.C10H6F3NO.CH2Cl2.Ni/c1-10-7-13(4)20(17-10)16(21-14(5)8-11(2)18-21)22-15(6)9-12(3)19-22;11-10(12,13)7-5-9(15)14-8-4-2-1-3-6(7)8;2-1-3;/h7-9,16H,1-6H3;1-5H,(H,14,15);1H2;/q-1;;;+2/p-1. The molecule has 0 saturated heterocycles. The van der Waals surface area contributed by atoms with Crippen LogP contribution >= 0.6 is 23.2 Å². The summed E-state index contributed by atoms with van der Waals surface area (Å²) in [7, 11) is -1.26. The zero-order valence-electron chi connectivity index (χ0n) is 23.3. The average molecular weight is 653 g/mol. The van der Waals surface area contributed by atoms with Gasteiger partial charge in [-0.2, -0.15) is 13.2 Å². The molecule has 0 unspecified atom stereocenters. The van der Waals surface area contributed by atoms with E-state index in [1.165, 1.54) is 24.3 Å². The Kier molecular flexibility index (Phi) is 11.9. The fraction of sp³-hybridized carbons (Fsp3) is 0.308. The van der Waals surface area contributed by atoms with E-state index in [9.17, 15) is 18.3 Å². The van der Waals surface area contributed by atoms with Crippen LogP contribution in [0.5, 0.6) is 5.88 Å². The Hall–Kier alpha value is -3.01. The van der Waals surface area contributed by atoms with E-state index in [2.05, 4.69) is 57.7 Å². The first kappa shape index (κ1) is 34.2. The predicted molar refractivity (Wildman–Crippen MR) is 151 cm³/mol. The SMILES string of the molecule is Cc1cc(C)n([BH-](n2nc(C)cc2C)n2nc(C)cc2C)n1.ClCCl.[Ni+2].[O-]c1cc(C(F)(F)F)c2ccccc2n1. The molecule has 0 aliphatic carbocycles. The molecule has 0 atom stereocenters. The van der Waals surface area contributed by atoms with Gasteiger partial charge in [0.25, 0.3) is 0 Å². The molecule has 8 nitrogen and oxygen atoms in total. The number of aryl methyl sites for hydroxylation is 6. The molecule has 5 rings (SSSR count). The summed E-state index contributed by atoms with van der Waals surface area (Å²) >= 11 is 9.53. The van der Waals surface area contributed by atoms with Crippen molar-refractivity contribution in [2.24, 2.45) is 0 Å². The minimum Gasteiger partial charge on any atom is -0.859 e. The van der Waals surface area contributed by atoms with Gasteiger partial charge < -0.3 is 18.9 Å². The molecule has 0 saturated carbocycles. The van der Waals surface area contributed by atoms with Crippen molar-refractivity contribution >= 4 is 41.2 Å². The number of aromatic nitrogens is 7. The molecule has 0 bridgehead atoms. The summed E-state index contributed by atoms with van der Waals surface area (Å²) < 4.78 is 43.8. The molecule has 4 heterocycles. The Morgan fingerprint density at radius 2 is 1.15 bits per heavy atom. The Bertz CT molecular complexity index is 1490. The van der Waals surface area contributed by atoms with Gasteiger partial charge in [-0.1, -0.05) is 18.2 Å². The third kappa shape index (κ3) is 8.27. The van der Waals surface area contributed by atoms with Crippen LogP contribution in [0.4, 0.5) is 13.2 Å². The van der Waals surface area contributed by atoms with Crippen LogP contribution in [0.2, 0.25) is 0 Å². The van der Waals surface area contributed by atoms with Gasteiger partial charge in [-0.15, -0.1) is 23.2 Å². The van der Waals surface area contributed by atoms with E-state index in [1.54, 1.807) is 0 Å². The molecular weight excluding hydrogens is 624 g/mol. The van der Waals surface area contributed by atoms with Crippen LogP contribution in [0.15, 0.2) is 48.5 Å². The van der Waals surface area contributed by atoms with E-state index in [0.717, 1.165) is 34.2 Å². The predicted octanol–water partition coefficient (Wildman–Crippen LogP) is 5.53. The molecule has 5 aromatic rings. The number of benzene rings is 1. The molecule has 15 heteroatoms. The number of rotatable bonds is 3. The van der Waals surface area contributed by atoms with E-state index in [-0.39, 0.29) is 32.7 Å². The monoisotopic (exact) mass is 651 g/mol. The van der Waals surface area contributed by atoms with Crippen molar-refractivity contribution < 1.29 is 34.8 Å². The maximum Gasteiger partial charge on any atom is 2.00 e. The molecule has 0 aliphatic rings. The summed E-state index contributed by atoms with van der Waals surface area (Å²) in [6.45, 7) is 12.3. The van der Waals surface area contributed by atoms with Crippen LogP contribution in [0.1, 0.15) is 39.7 Å². The summed E-state index contributed by atoms with van der Waals surface area (Å²) in [5.41, 5.74) is 5.54. The number of pyridine rings is 1. The maximum atomic E-state index is 12.5. The van der Waals surface area contributed by atoms with Crippen molar-refractivity contribution in [3.05, 3.63) is 88.3 Å². The van der Waals surface area contributed by atoms with Gasteiger partial charge in [0.1, 0.15) is 0 Å². The Balaban J connectivity index is 0.000000270. The number of para-hydroxylation sites is 1. The number of nitrogens with zero attached hydrogens (tertiary/aromatic N) is 7. The van der Waals surface area contributed by atoms with E-state index in [4.69, 9.17) is 38.5 Å². The quantitative estimate of drug-likeness (QED) is 0.189. The third-order valence-corrected chi connectivity index (χ3v) is 6.11. The van der Waals surface area contributed by atoms with Crippen molar-refractivity contribution in [3.8, 4) is 5.88 Å². The van der Waals surface area contributed by atoms with Crippen LogP contribution in [-0.2, 0) is 22.7 Å². The number of hydrogen-bond donors (Lipinski definition) is 0. The van der Waals surface area contributed by atoms with Gasteiger partial charge in [-0.25, -0.2) is 15.3 Å².